The van der Waals surface area contributed by atoms with Crippen LogP contribution in [0.25, 0.3) is 10.9 Å². The first-order valence-corrected chi connectivity index (χ1v) is 12.5. The summed E-state index contributed by atoms with van der Waals surface area (Å²) >= 11 is 0. The number of ether oxygens (including phenoxy) is 1. The lowest BCUT2D eigenvalue weighted by molar-refractivity contribution is 0.0694. The largest absolute Gasteiger partial charge is 0.492 e. The number of rotatable bonds is 5. The molecule has 3 aromatic rings. The average molecular weight is 525 g/mol. The summed E-state index contributed by atoms with van der Waals surface area (Å²) in [5, 5.41) is 13.0. The number of hydrogen-bond acceptors (Lipinski definition) is 8. The van der Waals surface area contributed by atoms with Gasteiger partial charge in [-0.05, 0) is 44.2 Å². The number of methoxy groups -OCH3 is 1. The molecule has 2 aliphatic heterocycles. The van der Waals surface area contributed by atoms with E-state index in [4.69, 9.17) is 10.5 Å². The summed E-state index contributed by atoms with van der Waals surface area (Å²) < 4.78 is 22.8. The third-order valence-electron chi connectivity index (χ3n) is 7.30. The Hall–Kier alpha value is -4.06. The van der Waals surface area contributed by atoms with E-state index in [0.29, 0.717) is 35.5 Å². The molecule has 0 spiro atoms. The Morgan fingerprint density at radius 3 is 2.61 bits per heavy atom. The zero-order valence-corrected chi connectivity index (χ0v) is 20.9. The monoisotopic (exact) mass is 524 g/mol. The van der Waals surface area contributed by atoms with Gasteiger partial charge in [-0.15, -0.1) is 0 Å². The topological polar surface area (TPSA) is 153 Å². The Kier molecular flexibility index (Phi) is 6.98. The fourth-order valence-corrected chi connectivity index (χ4v) is 5.38. The van der Waals surface area contributed by atoms with Gasteiger partial charge in [-0.3, -0.25) is 14.6 Å². The quantitative estimate of drug-likeness (QED) is 0.455. The lowest BCUT2D eigenvalue weighted by atomic mass is 9.94. The first-order valence-electron chi connectivity index (χ1n) is 12.5. The molecule has 1 amide bonds. The molecule has 38 heavy (non-hydrogen) atoms. The first kappa shape index (κ1) is 25.6. The summed E-state index contributed by atoms with van der Waals surface area (Å²) in [6.07, 6.45) is 9.62. The number of primary amides is 1. The van der Waals surface area contributed by atoms with E-state index in [1.165, 1.54) is 38.0 Å². The van der Waals surface area contributed by atoms with Crippen LogP contribution in [0.3, 0.4) is 0 Å². The Morgan fingerprint density at radius 2 is 2.03 bits per heavy atom. The van der Waals surface area contributed by atoms with Gasteiger partial charge in [0.1, 0.15) is 16.9 Å². The van der Waals surface area contributed by atoms with Gasteiger partial charge in [-0.25, -0.2) is 14.2 Å². The van der Waals surface area contributed by atoms with Crippen LogP contribution in [0.4, 0.5) is 10.1 Å². The summed E-state index contributed by atoms with van der Waals surface area (Å²) in [6.45, 7) is 2.40. The van der Waals surface area contributed by atoms with Crippen LogP contribution in [0.15, 0.2) is 35.6 Å². The number of carbonyl (C=O) groups is 2. The SMILES string of the molecule is COc1c(N2C[C@@H]3CCCN[C@@H]3C2)c(F)cc2c(=O)c(C(=O)O)cn(C3CC3)c12.NC(=O)c1cnccn1. The molecule has 1 aromatic carbocycles. The molecule has 11 nitrogen and oxygen atoms in total. The van der Waals surface area contributed by atoms with Crippen LogP contribution in [-0.2, 0) is 0 Å². The molecule has 2 aromatic heterocycles. The molecule has 2 saturated heterocycles. The standard InChI is InChI=1S/C21H24FN3O4.C5H5N3O/c1-29-20-17-13(19(26)14(21(27)28)9-25(17)12-4-5-12)7-15(22)18(20)24-8-11-3-2-6-23-16(11)10-24;6-5(9)4-3-7-1-2-8-4/h7,9,11-12,16,23H,2-6,8,10H2,1H3,(H,27,28);1-3H,(H2,6,9)/t11-,16+;/m0./s1. The van der Waals surface area contributed by atoms with Crippen LogP contribution in [0.5, 0.6) is 5.75 Å². The maximum Gasteiger partial charge on any atom is 0.341 e. The van der Waals surface area contributed by atoms with E-state index in [-0.39, 0.29) is 22.7 Å². The molecule has 6 rings (SSSR count). The minimum atomic E-state index is -1.30. The van der Waals surface area contributed by atoms with Gasteiger partial charge in [0.15, 0.2) is 11.6 Å². The Balaban J connectivity index is 0.000000278. The number of halogens is 1. The van der Waals surface area contributed by atoms with Gasteiger partial charge in [-0.2, -0.15) is 0 Å². The molecule has 200 valence electrons. The molecular weight excluding hydrogens is 495 g/mol. The van der Waals surface area contributed by atoms with Crippen LogP contribution in [0.2, 0.25) is 0 Å². The summed E-state index contributed by atoms with van der Waals surface area (Å²) in [7, 11) is 1.48. The molecule has 1 saturated carbocycles. The fourth-order valence-electron chi connectivity index (χ4n) is 5.38. The number of nitrogens with zero attached hydrogens (tertiary/aromatic N) is 4. The Labute approximate surface area is 217 Å². The van der Waals surface area contributed by atoms with E-state index in [0.717, 1.165) is 38.8 Å². The summed E-state index contributed by atoms with van der Waals surface area (Å²) in [6, 6.07) is 1.62. The Morgan fingerprint density at radius 1 is 1.24 bits per heavy atom. The number of hydrogen-bond donors (Lipinski definition) is 3. The summed E-state index contributed by atoms with van der Waals surface area (Å²) in [5.74, 6) is -1.62. The van der Waals surface area contributed by atoms with Crippen molar-refractivity contribution in [3.8, 4) is 5.75 Å². The van der Waals surface area contributed by atoms with Crippen LogP contribution >= 0.6 is 0 Å². The number of piperidine rings is 1. The lowest BCUT2D eigenvalue weighted by Gasteiger charge is -2.25. The second-order valence-corrected chi connectivity index (χ2v) is 9.77. The van der Waals surface area contributed by atoms with Crippen LogP contribution in [0.1, 0.15) is 52.6 Å². The highest BCUT2D eigenvalue weighted by atomic mass is 19.1. The molecular formula is C26H29FN6O5. The number of fused-ring (bicyclic) bond motifs is 2. The van der Waals surface area contributed by atoms with Crippen molar-refractivity contribution in [1.29, 1.82) is 0 Å². The predicted octanol–water partition coefficient (Wildman–Crippen LogP) is 1.95. The number of carboxylic acid groups (broad SMARTS) is 1. The highest BCUT2D eigenvalue weighted by Crippen LogP contribution is 2.45. The molecule has 3 aliphatic rings. The van der Waals surface area contributed by atoms with Crippen LogP contribution in [0, 0.1) is 11.7 Å². The van der Waals surface area contributed by atoms with Gasteiger partial charge in [0.25, 0.3) is 5.91 Å². The highest BCUT2D eigenvalue weighted by Gasteiger charge is 2.38. The van der Waals surface area contributed by atoms with Crippen molar-refractivity contribution >= 4 is 28.5 Å². The second-order valence-electron chi connectivity index (χ2n) is 9.77. The Bertz CT molecular complexity index is 1430. The van der Waals surface area contributed by atoms with Gasteiger partial charge < -0.3 is 30.4 Å². The molecule has 2 atom stereocenters. The van der Waals surface area contributed by atoms with Gasteiger partial charge in [0.05, 0.1) is 24.2 Å². The van der Waals surface area contributed by atoms with Crippen molar-refractivity contribution in [2.75, 3.05) is 31.6 Å². The molecule has 12 heteroatoms. The number of aromatic nitrogens is 3. The van der Waals surface area contributed by atoms with Crippen molar-refractivity contribution in [2.45, 2.75) is 37.8 Å². The molecule has 0 radical (unpaired) electrons. The van der Waals surface area contributed by atoms with Crippen molar-refractivity contribution < 1.29 is 23.8 Å². The maximum atomic E-state index is 15.3. The lowest BCUT2D eigenvalue weighted by Crippen LogP contribution is -2.40. The average Bonchev–Trinajstić information content (AvgIpc) is 3.67. The number of carboxylic acids is 1. The normalized spacial score (nSPS) is 20.4. The number of nitrogens with two attached hydrogens (primary N) is 1. The molecule has 1 aliphatic carbocycles. The number of benzene rings is 1. The second kappa shape index (κ2) is 10.4. The molecule has 4 N–H and O–H groups in total. The van der Waals surface area contributed by atoms with Gasteiger partial charge >= 0.3 is 5.97 Å². The summed E-state index contributed by atoms with van der Waals surface area (Å²) in [5.41, 5.74) is 4.91. The van der Waals surface area contributed by atoms with Crippen molar-refractivity contribution in [3.05, 3.63) is 58.2 Å². The molecule has 3 fully saturated rings. The number of anilines is 1. The zero-order chi connectivity index (χ0) is 27.0. The third kappa shape index (κ3) is 4.78. The van der Waals surface area contributed by atoms with Crippen LogP contribution < -0.4 is 26.1 Å². The first-order chi connectivity index (χ1) is 18.3. The predicted molar refractivity (Wildman–Crippen MR) is 137 cm³/mol. The zero-order valence-electron chi connectivity index (χ0n) is 20.9. The maximum absolute atomic E-state index is 15.3. The van der Waals surface area contributed by atoms with E-state index in [1.54, 1.807) is 4.57 Å². The summed E-state index contributed by atoms with van der Waals surface area (Å²) in [4.78, 5) is 44.0. The third-order valence-corrected chi connectivity index (χ3v) is 7.30. The van der Waals surface area contributed by atoms with Crippen molar-refractivity contribution in [2.24, 2.45) is 11.7 Å². The van der Waals surface area contributed by atoms with E-state index in [9.17, 15) is 19.5 Å². The van der Waals surface area contributed by atoms with Gasteiger partial charge in [0.2, 0.25) is 5.43 Å². The van der Waals surface area contributed by atoms with E-state index >= 15 is 4.39 Å². The molecule has 0 bridgehead atoms. The van der Waals surface area contributed by atoms with Crippen molar-refractivity contribution in [1.82, 2.24) is 19.9 Å². The van der Waals surface area contributed by atoms with E-state index in [2.05, 4.69) is 15.3 Å². The smallest absolute Gasteiger partial charge is 0.341 e. The number of pyridine rings is 1. The minimum Gasteiger partial charge on any atom is -0.492 e. The van der Waals surface area contributed by atoms with Gasteiger partial charge in [-0.1, -0.05) is 0 Å². The van der Waals surface area contributed by atoms with E-state index < -0.39 is 23.1 Å². The number of carbonyl (C=O) groups excluding carboxylic acids is 1. The number of aromatic carboxylic acids is 1. The number of amides is 1. The van der Waals surface area contributed by atoms with Crippen molar-refractivity contribution in [3.63, 3.8) is 0 Å². The minimum absolute atomic E-state index is 0.0599. The molecule has 0 unspecified atom stereocenters. The van der Waals surface area contributed by atoms with E-state index in [1.807, 2.05) is 4.90 Å². The fraction of sp³-hybridized carbons (Fsp3) is 0.423. The van der Waals surface area contributed by atoms with Gasteiger partial charge in [0, 0.05) is 43.8 Å². The highest BCUT2D eigenvalue weighted by molar-refractivity contribution is 5.97. The van der Waals surface area contributed by atoms with Crippen LogP contribution in [-0.4, -0.2) is 64.3 Å². The number of nitrogens with one attached hydrogen (secondary N) is 1. The molecule has 4 heterocycles.